The van der Waals surface area contributed by atoms with Crippen molar-refractivity contribution < 1.29 is 14.7 Å². The highest BCUT2D eigenvalue weighted by molar-refractivity contribution is 7.09. The third kappa shape index (κ3) is 2.14. The van der Waals surface area contributed by atoms with Gasteiger partial charge >= 0.3 is 5.97 Å². The second-order valence-corrected chi connectivity index (χ2v) is 5.67. The van der Waals surface area contributed by atoms with Gasteiger partial charge in [0.15, 0.2) is 0 Å². The van der Waals surface area contributed by atoms with Gasteiger partial charge in [-0.2, -0.15) is 0 Å². The minimum absolute atomic E-state index is 0.225. The normalized spacial score (nSPS) is 16.9. The third-order valence-electron chi connectivity index (χ3n) is 3.62. The second kappa shape index (κ2) is 5.10. The van der Waals surface area contributed by atoms with Crippen molar-refractivity contribution in [1.82, 2.24) is 4.90 Å². The van der Waals surface area contributed by atoms with Gasteiger partial charge in [0.2, 0.25) is 5.91 Å². The third-order valence-corrected chi connectivity index (χ3v) is 4.48. The molecule has 1 aliphatic carbocycles. The van der Waals surface area contributed by atoms with E-state index in [9.17, 15) is 14.7 Å². The molecule has 98 valence electrons. The van der Waals surface area contributed by atoms with Gasteiger partial charge in [-0.25, -0.2) is 0 Å². The number of carboxylic acids is 1. The summed E-state index contributed by atoms with van der Waals surface area (Å²) in [7, 11) is 0. The zero-order valence-electron chi connectivity index (χ0n) is 10.4. The van der Waals surface area contributed by atoms with Crippen LogP contribution in [-0.2, 0) is 16.1 Å². The maximum Gasteiger partial charge on any atom is 0.319 e. The maximum absolute atomic E-state index is 12.4. The van der Waals surface area contributed by atoms with E-state index in [4.69, 9.17) is 0 Å². The molecule has 0 unspecified atom stereocenters. The lowest BCUT2D eigenvalue weighted by Crippen LogP contribution is -2.52. The van der Waals surface area contributed by atoms with Crippen molar-refractivity contribution in [1.29, 1.82) is 0 Å². The van der Waals surface area contributed by atoms with Crippen molar-refractivity contribution in [2.75, 3.05) is 6.54 Å². The molecule has 0 spiro atoms. The Morgan fingerprint density at radius 1 is 1.50 bits per heavy atom. The van der Waals surface area contributed by atoms with Crippen molar-refractivity contribution in [2.24, 2.45) is 5.41 Å². The van der Waals surface area contributed by atoms with Crippen LogP contribution in [0.4, 0.5) is 0 Å². The molecule has 1 amide bonds. The lowest BCUT2D eigenvalue weighted by molar-refractivity contribution is -0.167. The van der Waals surface area contributed by atoms with Gasteiger partial charge in [0.25, 0.3) is 0 Å². The van der Waals surface area contributed by atoms with E-state index >= 15 is 0 Å². The van der Waals surface area contributed by atoms with Gasteiger partial charge in [-0.3, -0.25) is 9.59 Å². The number of hydrogen-bond acceptors (Lipinski definition) is 3. The molecule has 1 aromatic heterocycles. The number of aliphatic carboxylic acids is 1. The largest absolute Gasteiger partial charge is 0.480 e. The van der Waals surface area contributed by atoms with Crippen molar-refractivity contribution in [2.45, 2.75) is 32.7 Å². The van der Waals surface area contributed by atoms with Crippen LogP contribution in [0.5, 0.6) is 0 Å². The van der Waals surface area contributed by atoms with Crippen molar-refractivity contribution in [3.05, 3.63) is 22.4 Å². The first-order valence-corrected chi connectivity index (χ1v) is 7.03. The molecule has 0 aliphatic heterocycles. The standard InChI is InChI=1S/C13H17NO3S/c1-2-14(9-10-5-3-8-18-10)11(15)13(12(16)17)6-4-7-13/h3,5,8H,2,4,6-7,9H2,1H3,(H,16,17). The van der Waals surface area contributed by atoms with E-state index in [0.717, 1.165) is 11.3 Å². The average Bonchev–Trinajstić information content (AvgIpc) is 2.76. The van der Waals surface area contributed by atoms with Gasteiger partial charge < -0.3 is 10.0 Å². The average molecular weight is 267 g/mol. The molecule has 0 aromatic carbocycles. The van der Waals surface area contributed by atoms with Gasteiger partial charge in [-0.15, -0.1) is 11.3 Å². The summed E-state index contributed by atoms with van der Waals surface area (Å²) in [5, 5.41) is 11.2. The molecule has 1 heterocycles. The van der Waals surface area contributed by atoms with Crippen LogP contribution < -0.4 is 0 Å². The summed E-state index contributed by atoms with van der Waals surface area (Å²) < 4.78 is 0. The zero-order chi connectivity index (χ0) is 13.2. The van der Waals surface area contributed by atoms with Crippen LogP contribution in [0.15, 0.2) is 17.5 Å². The van der Waals surface area contributed by atoms with Gasteiger partial charge in [-0.1, -0.05) is 12.5 Å². The number of rotatable bonds is 5. The molecule has 1 aromatic rings. The minimum atomic E-state index is -1.15. The van der Waals surface area contributed by atoms with Crippen LogP contribution in [0, 0.1) is 5.41 Å². The number of carbonyl (C=O) groups excluding carboxylic acids is 1. The minimum Gasteiger partial charge on any atom is -0.480 e. The monoisotopic (exact) mass is 267 g/mol. The molecule has 0 atom stereocenters. The van der Waals surface area contributed by atoms with Crippen molar-refractivity contribution in [3.63, 3.8) is 0 Å². The van der Waals surface area contributed by atoms with Crippen LogP contribution in [0.2, 0.25) is 0 Å². The number of thiophene rings is 1. The van der Waals surface area contributed by atoms with E-state index in [1.54, 1.807) is 16.2 Å². The number of carboxylic acid groups (broad SMARTS) is 1. The van der Waals surface area contributed by atoms with Crippen molar-refractivity contribution >= 4 is 23.2 Å². The Labute approximate surface area is 110 Å². The molecule has 0 bridgehead atoms. The smallest absolute Gasteiger partial charge is 0.319 e. The van der Waals surface area contributed by atoms with Crippen LogP contribution in [0.25, 0.3) is 0 Å². The molecule has 1 aliphatic rings. The van der Waals surface area contributed by atoms with E-state index in [0.29, 0.717) is 25.9 Å². The lowest BCUT2D eigenvalue weighted by Gasteiger charge is -2.39. The SMILES string of the molecule is CCN(Cc1cccs1)C(=O)C1(C(=O)O)CCC1. The quantitative estimate of drug-likeness (QED) is 0.833. The molecule has 5 heteroatoms. The van der Waals surface area contributed by atoms with Gasteiger partial charge in [-0.05, 0) is 31.2 Å². The number of hydrogen-bond donors (Lipinski definition) is 1. The van der Waals surface area contributed by atoms with E-state index in [1.807, 2.05) is 24.4 Å². The summed E-state index contributed by atoms with van der Waals surface area (Å²) >= 11 is 1.59. The van der Waals surface area contributed by atoms with Crippen molar-refractivity contribution in [3.8, 4) is 0 Å². The molecule has 1 saturated carbocycles. The summed E-state index contributed by atoms with van der Waals surface area (Å²) in [6, 6.07) is 3.91. The topological polar surface area (TPSA) is 57.6 Å². The highest BCUT2D eigenvalue weighted by atomic mass is 32.1. The Morgan fingerprint density at radius 2 is 2.22 bits per heavy atom. The fraction of sp³-hybridized carbons (Fsp3) is 0.538. The van der Waals surface area contributed by atoms with Crippen LogP contribution >= 0.6 is 11.3 Å². The summed E-state index contributed by atoms with van der Waals surface area (Å²) in [4.78, 5) is 26.5. The van der Waals surface area contributed by atoms with Gasteiger partial charge in [0.1, 0.15) is 5.41 Å². The van der Waals surface area contributed by atoms with Crippen LogP contribution in [0.1, 0.15) is 31.1 Å². The van der Waals surface area contributed by atoms with Crippen LogP contribution in [-0.4, -0.2) is 28.4 Å². The first-order chi connectivity index (χ1) is 8.60. The first kappa shape index (κ1) is 13.1. The Kier molecular flexibility index (Phi) is 3.71. The molecule has 1 fully saturated rings. The number of amides is 1. The fourth-order valence-electron chi connectivity index (χ4n) is 2.27. The summed E-state index contributed by atoms with van der Waals surface area (Å²) in [5.41, 5.74) is -1.15. The Bertz CT molecular complexity index is 437. The Morgan fingerprint density at radius 3 is 2.61 bits per heavy atom. The van der Waals surface area contributed by atoms with Crippen LogP contribution in [0.3, 0.4) is 0 Å². The number of carbonyl (C=O) groups is 2. The number of nitrogens with zero attached hydrogens (tertiary/aromatic N) is 1. The highest BCUT2D eigenvalue weighted by Crippen LogP contribution is 2.43. The molecule has 2 rings (SSSR count). The molecule has 18 heavy (non-hydrogen) atoms. The zero-order valence-corrected chi connectivity index (χ0v) is 11.2. The Balaban J connectivity index is 2.12. The summed E-state index contributed by atoms with van der Waals surface area (Å²) in [6.07, 6.45) is 1.78. The lowest BCUT2D eigenvalue weighted by atomic mass is 9.67. The van der Waals surface area contributed by atoms with E-state index in [1.165, 1.54) is 0 Å². The van der Waals surface area contributed by atoms with Gasteiger partial charge in [0.05, 0.1) is 6.54 Å². The molecule has 0 saturated heterocycles. The summed E-state index contributed by atoms with van der Waals surface area (Å²) in [5.74, 6) is -1.19. The predicted octanol–water partition coefficient (Wildman–Crippen LogP) is 2.35. The predicted molar refractivity (Wildman–Crippen MR) is 69.3 cm³/mol. The molecular weight excluding hydrogens is 250 g/mol. The molecule has 1 N–H and O–H groups in total. The molecule has 0 radical (unpaired) electrons. The van der Waals surface area contributed by atoms with Gasteiger partial charge in [0, 0.05) is 11.4 Å². The second-order valence-electron chi connectivity index (χ2n) is 4.64. The highest BCUT2D eigenvalue weighted by Gasteiger charge is 2.52. The Hall–Kier alpha value is -1.36. The van der Waals surface area contributed by atoms with E-state index in [2.05, 4.69) is 0 Å². The molecular formula is C13H17NO3S. The summed E-state index contributed by atoms with van der Waals surface area (Å²) in [6.45, 7) is 2.95. The van der Waals surface area contributed by atoms with E-state index in [-0.39, 0.29) is 5.91 Å². The fourth-order valence-corrected chi connectivity index (χ4v) is 2.99. The van der Waals surface area contributed by atoms with E-state index < -0.39 is 11.4 Å². The first-order valence-electron chi connectivity index (χ1n) is 6.15. The maximum atomic E-state index is 12.4. The molecule has 4 nitrogen and oxygen atoms in total.